The van der Waals surface area contributed by atoms with E-state index in [0.29, 0.717) is 22.8 Å². The van der Waals surface area contributed by atoms with Crippen molar-refractivity contribution in [3.05, 3.63) is 76.7 Å². The highest BCUT2D eigenvalue weighted by atomic mass is 16.1. The number of aromatic nitrogens is 5. The summed E-state index contributed by atoms with van der Waals surface area (Å²) >= 11 is 0. The lowest BCUT2D eigenvalue weighted by Gasteiger charge is -2.28. The maximum absolute atomic E-state index is 13.2. The molecule has 4 aromatic rings. The van der Waals surface area contributed by atoms with Crippen molar-refractivity contribution in [1.29, 1.82) is 5.26 Å². The second-order valence-corrected chi connectivity index (χ2v) is 6.53. The molecule has 0 saturated carbocycles. The largest absolute Gasteiger partial charge is 0.382 e. The number of nitrogen functional groups attached to an aromatic ring is 1. The Labute approximate surface area is 166 Å². The van der Waals surface area contributed by atoms with Crippen molar-refractivity contribution in [3.8, 4) is 11.8 Å². The smallest absolute Gasteiger partial charge is 0.282 e. The van der Waals surface area contributed by atoms with Gasteiger partial charge < -0.3 is 10.6 Å². The molecule has 1 atom stereocenters. The maximum Gasteiger partial charge on any atom is 0.282 e. The zero-order chi connectivity index (χ0) is 20.5. The Morgan fingerprint density at radius 2 is 1.93 bits per heavy atom. The summed E-state index contributed by atoms with van der Waals surface area (Å²) in [6, 6.07) is 14.5. The molecule has 144 valence electrons. The third-order valence-corrected chi connectivity index (χ3v) is 4.86. The van der Waals surface area contributed by atoms with Crippen LogP contribution in [0, 0.1) is 11.3 Å². The van der Waals surface area contributed by atoms with Crippen LogP contribution in [0.25, 0.3) is 11.2 Å². The Bertz CT molecular complexity index is 1290. The van der Waals surface area contributed by atoms with E-state index in [1.165, 1.54) is 6.33 Å². The van der Waals surface area contributed by atoms with Crippen LogP contribution in [0.15, 0.2) is 59.8 Å². The molecule has 0 radical (unpaired) electrons. The van der Waals surface area contributed by atoms with Gasteiger partial charge in [0.1, 0.15) is 29.3 Å². The molecule has 9 nitrogen and oxygen atoms in total. The van der Waals surface area contributed by atoms with Crippen molar-refractivity contribution < 1.29 is 0 Å². The van der Waals surface area contributed by atoms with Crippen LogP contribution in [0.2, 0.25) is 0 Å². The Morgan fingerprint density at radius 1 is 1.17 bits per heavy atom. The number of nitrogens with two attached hydrogens (primary N) is 1. The number of nitrogens with zero attached hydrogens (tertiary/aromatic N) is 7. The van der Waals surface area contributed by atoms with Crippen molar-refractivity contribution in [3.63, 3.8) is 0 Å². The van der Waals surface area contributed by atoms with Gasteiger partial charge in [0.05, 0.1) is 11.7 Å². The fourth-order valence-electron chi connectivity index (χ4n) is 3.22. The molecule has 2 N–H and O–H groups in total. The fraction of sp³-hybridized carbons (Fsp3) is 0.150. The molecule has 0 fully saturated rings. The van der Waals surface area contributed by atoms with Crippen LogP contribution in [0.1, 0.15) is 24.4 Å². The van der Waals surface area contributed by atoms with Gasteiger partial charge in [-0.3, -0.25) is 9.36 Å². The second kappa shape index (κ2) is 7.09. The Kier molecular flexibility index (Phi) is 4.44. The molecule has 0 unspecified atom stereocenters. The standard InChI is InChI=1S/C20H18N8O/c1-13(26(2)19-15(11-21)17(22)23-12-24-19)18-25-27-10-6-9-16(27)20(29)28(18)14-7-4-3-5-8-14/h3-10,12-13H,1-2H3,(H2,22,23,24)/t13-/m0/s1. The van der Waals surface area contributed by atoms with E-state index in [0.717, 1.165) is 0 Å². The van der Waals surface area contributed by atoms with Crippen molar-refractivity contribution in [2.75, 3.05) is 17.7 Å². The van der Waals surface area contributed by atoms with E-state index >= 15 is 0 Å². The van der Waals surface area contributed by atoms with E-state index < -0.39 is 6.04 Å². The van der Waals surface area contributed by atoms with Gasteiger partial charge in [0.2, 0.25) is 0 Å². The van der Waals surface area contributed by atoms with Crippen LogP contribution >= 0.6 is 0 Å². The van der Waals surface area contributed by atoms with Crippen LogP contribution in [-0.4, -0.2) is 31.2 Å². The molecule has 0 aliphatic carbocycles. The van der Waals surface area contributed by atoms with E-state index in [4.69, 9.17) is 5.73 Å². The van der Waals surface area contributed by atoms with Gasteiger partial charge in [0.15, 0.2) is 11.6 Å². The number of para-hydroxylation sites is 1. The number of fused-ring (bicyclic) bond motifs is 1. The Morgan fingerprint density at radius 3 is 2.66 bits per heavy atom. The number of nitriles is 1. The Hall–Kier alpha value is -4.19. The van der Waals surface area contributed by atoms with Crippen LogP contribution in [0.5, 0.6) is 0 Å². The highest BCUT2D eigenvalue weighted by Gasteiger charge is 2.24. The predicted molar refractivity (Wildman–Crippen MR) is 109 cm³/mol. The summed E-state index contributed by atoms with van der Waals surface area (Å²) in [6.07, 6.45) is 3.03. The zero-order valence-corrected chi connectivity index (χ0v) is 15.9. The topological polar surface area (TPSA) is 118 Å². The first-order valence-electron chi connectivity index (χ1n) is 8.92. The summed E-state index contributed by atoms with van der Waals surface area (Å²) in [5, 5.41) is 14.2. The molecule has 29 heavy (non-hydrogen) atoms. The first kappa shape index (κ1) is 18.2. The average Bonchev–Trinajstić information content (AvgIpc) is 3.22. The molecule has 1 aromatic carbocycles. The molecule has 0 aliphatic rings. The van der Waals surface area contributed by atoms with E-state index in [9.17, 15) is 10.1 Å². The monoisotopic (exact) mass is 386 g/mol. The van der Waals surface area contributed by atoms with Gasteiger partial charge >= 0.3 is 0 Å². The summed E-state index contributed by atoms with van der Waals surface area (Å²) < 4.78 is 3.13. The summed E-state index contributed by atoms with van der Waals surface area (Å²) in [4.78, 5) is 23.1. The quantitative estimate of drug-likeness (QED) is 0.569. The van der Waals surface area contributed by atoms with Crippen LogP contribution in [0.4, 0.5) is 11.6 Å². The highest BCUT2D eigenvalue weighted by molar-refractivity contribution is 5.63. The van der Waals surface area contributed by atoms with Gasteiger partial charge in [0.25, 0.3) is 5.56 Å². The average molecular weight is 386 g/mol. The van der Waals surface area contributed by atoms with E-state index in [2.05, 4.69) is 15.1 Å². The molecule has 0 spiro atoms. The maximum atomic E-state index is 13.2. The Balaban J connectivity index is 1.93. The van der Waals surface area contributed by atoms with Crippen molar-refractivity contribution in [2.45, 2.75) is 13.0 Å². The van der Waals surface area contributed by atoms with Crippen LogP contribution in [-0.2, 0) is 0 Å². The number of rotatable bonds is 4. The van der Waals surface area contributed by atoms with Gasteiger partial charge in [-0.15, -0.1) is 0 Å². The third-order valence-electron chi connectivity index (χ3n) is 4.86. The van der Waals surface area contributed by atoms with Crippen molar-refractivity contribution in [2.24, 2.45) is 0 Å². The number of hydrogen-bond acceptors (Lipinski definition) is 7. The third kappa shape index (κ3) is 2.96. The molecular weight excluding hydrogens is 368 g/mol. The molecule has 0 bridgehead atoms. The molecule has 9 heteroatoms. The molecule has 0 amide bonds. The van der Waals surface area contributed by atoms with Gasteiger partial charge in [-0.1, -0.05) is 18.2 Å². The zero-order valence-electron chi connectivity index (χ0n) is 15.9. The van der Waals surface area contributed by atoms with Gasteiger partial charge in [-0.2, -0.15) is 10.4 Å². The van der Waals surface area contributed by atoms with Crippen LogP contribution in [0.3, 0.4) is 0 Å². The van der Waals surface area contributed by atoms with E-state index in [1.807, 2.05) is 43.3 Å². The van der Waals surface area contributed by atoms with Gasteiger partial charge in [-0.05, 0) is 31.2 Å². The normalized spacial score (nSPS) is 11.9. The van der Waals surface area contributed by atoms with Crippen molar-refractivity contribution in [1.82, 2.24) is 24.1 Å². The number of benzene rings is 1. The predicted octanol–water partition coefficient (Wildman–Crippen LogP) is 1.93. The molecule has 3 heterocycles. The minimum absolute atomic E-state index is 0.103. The number of hydrogen-bond donors (Lipinski definition) is 1. The highest BCUT2D eigenvalue weighted by Crippen LogP contribution is 2.27. The van der Waals surface area contributed by atoms with Crippen molar-refractivity contribution >= 4 is 17.2 Å². The fourth-order valence-corrected chi connectivity index (χ4v) is 3.22. The summed E-state index contributed by atoms with van der Waals surface area (Å²) in [6.45, 7) is 1.88. The lowest BCUT2D eigenvalue weighted by atomic mass is 10.2. The summed E-state index contributed by atoms with van der Waals surface area (Å²) in [7, 11) is 1.77. The molecular formula is C20H18N8O. The summed E-state index contributed by atoms with van der Waals surface area (Å²) in [5.41, 5.74) is 7.00. The molecule has 0 aliphatic heterocycles. The minimum Gasteiger partial charge on any atom is -0.382 e. The lowest BCUT2D eigenvalue weighted by molar-refractivity contribution is 0.613. The van der Waals surface area contributed by atoms with Gasteiger partial charge in [-0.25, -0.2) is 14.5 Å². The SMILES string of the molecule is C[C@@H](c1nn2cccc2c(=O)n1-c1ccccc1)N(C)c1ncnc(N)c1C#N. The molecule has 4 rings (SSSR count). The van der Waals surface area contributed by atoms with E-state index in [1.54, 1.807) is 39.4 Å². The van der Waals surface area contributed by atoms with E-state index in [-0.39, 0.29) is 16.9 Å². The number of anilines is 2. The first-order chi connectivity index (χ1) is 14.0. The minimum atomic E-state index is -0.406. The summed E-state index contributed by atoms with van der Waals surface area (Å²) in [5.74, 6) is 0.966. The first-order valence-corrected chi connectivity index (χ1v) is 8.92. The van der Waals surface area contributed by atoms with Gasteiger partial charge in [0, 0.05) is 13.2 Å². The molecule has 0 saturated heterocycles. The second-order valence-electron chi connectivity index (χ2n) is 6.53. The van der Waals surface area contributed by atoms with Crippen LogP contribution < -0.4 is 16.2 Å². The molecule has 3 aromatic heterocycles. The lowest BCUT2D eigenvalue weighted by Crippen LogP contribution is -2.33.